The van der Waals surface area contributed by atoms with Crippen molar-refractivity contribution < 1.29 is 15.0 Å². The Labute approximate surface area is 104 Å². The van der Waals surface area contributed by atoms with E-state index in [1.54, 1.807) is 6.92 Å². The molecule has 0 spiro atoms. The van der Waals surface area contributed by atoms with Gasteiger partial charge in [-0.25, -0.2) is 0 Å². The van der Waals surface area contributed by atoms with E-state index in [0.29, 0.717) is 19.3 Å². The molecule has 1 saturated heterocycles. The molecule has 0 bridgehead atoms. The lowest BCUT2D eigenvalue weighted by atomic mass is 9.67. The average molecular weight is 243 g/mol. The quantitative estimate of drug-likeness (QED) is 0.789. The molecule has 1 fully saturated rings. The minimum atomic E-state index is -1.07. The first kappa shape index (κ1) is 14.5. The van der Waals surface area contributed by atoms with Crippen LogP contribution in [0.3, 0.4) is 0 Å². The van der Waals surface area contributed by atoms with E-state index in [2.05, 4.69) is 4.90 Å². The third kappa shape index (κ3) is 2.80. The Bertz CT molecular complexity index is 282. The van der Waals surface area contributed by atoms with Crippen LogP contribution in [0.15, 0.2) is 0 Å². The van der Waals surface area contributed by atoms with Gasteiger partial charge in [0, 0.05) is 6.54 Å². The Morgan fingerprint density at radius 2 is 2.06 bits per heavy atom. The SMILES string of the molecule is CCCC(C)(C(=O)O)C1(O)CCCN(C)CC1. The molecule has 1 rings (SSSR count). The lowest BCUT2D eigenvalue weighted by Gasteiger charge is -2.41. The summed E-state index contributed by atoms with van der Waals surface area (Å²) in [4.78, 5) is 13.7. The van der Waals surface area contributed by atoms with E-state index in [1.807, 2.05) is 14.0 Å². The van der Waals surface area contributed by atoms with Crippen molar-refractivity contribution in [3.8, 4) is 0 Å². The first-order valence-corrected chi connectivity index (χ1v) is 6.50. The van der Waals surface area contributed by atoms with E-state index in [1.165, 1.54) is 0 Å². The van der Waals surface area contributed by atoms with Crippen LogP contribution in [0.4, 0.5) is 0 Å². The summed E-state index contributed by atoms with van der Waals surface area (Å²) in [5, 5.41) is 20.2. The molecule has 0 saturated carbocycles. The van der Waals surface area contributed by atoms with Crippen LogP contribution in [0.2, 0.25) is 0 Å². The summed E-state index contributed by atoms with van der Waals surface area (Å²) in [6.45, 7) is 5.37. The van der Waals surface area contributed by atoms with Crippen LogP contribution in [0.5, 0.6) is 0 Å². The highest BCUT2D eigenvalue weighted by atomic mass is 16.4. The first-order chi connectivity index (χ1) is 7.85. The fourth-order valence-corrected chi connectivity index (χ4v) is 2.84. The summed E-state index contributed by atoms with van der Waals surface area (Å²) in [5.74, 6) is -0.869. The van der Waals surface area contributed by atoms with Crippen LogP contribution in [0, 0.1) is 5.41 Å². The molecule has 1 aliphatic rings. The second-order valence-corrected chi connectivity index (χ2v) is 5.58. The lowest BCUT2D eigenvalue weighted by molar-refractivity contribution is -0.170. The van der Waals surface area contributed by atoms with Gasteiger partial charge in [0.15, 0.2) is 0 Å². The van der Waals surface area contributed by atoms with Crippen molar-refractivity contribution in [2.45, 2.75) is 51.6 Å². The second kappa shape index (κ2) is 5.36. The van der Waals surface area contributed by atoms with Crippen molar-refractivity contribution in [2.75, 3.05) is 20.1 Å². The average Bonchev–Trinajstić information content (AvgIpc) is 2.42. The van der Waals surface area contributed by atoms with Crippen molar-refractivity contribution in [1.29, 1.82) is 0 Å². The Morgan fingerprint density at radius 1 is 1.41 bits per heavy atom. The molecule has 0 aromatic heterocycles. The number of rotatable bonds is 4. The van der Waals surface area contributed by atoms with Crippen LogP contribution < -0.4 is 0 Å². The fourth-order valence-electron chi connectivity index (χ4n) is 2.84. The molecule has 0 aliphatic carbocycles. The van der Waals surface area contributed by atoms with Gasteiger partial charge in [-0.05, 0) is 46.2 Å². The minimum absolute atomic E-state index is 0.530. The zero-order valence-electron chi connectivity index (χ0n) is 11.2. The van der Waals surface area contributed by atoms with Gasteiger partial charge in [-0.15, -0.1) is 0 Å². The predicted molar refractivity (Wildman–Crippen MR) is 66.9 cm³/mol. The maximum absolute atomic E-state index is 11.5. The highest BCUT2D eigenvalue weighted by Crippen LogP contribution is 2.42. The van der Waals surface area contributed by atoms with Gasteiger partial charge in [0.1, 0.15) is 0 Å². The summed E-state index contributed by atoms with van der Waals surface area (Å²) in [6, 6.07) is 0. The van der Waals surface area contributed by atoms with Gasteiger partial charge in [-0.1, -0.05) is 13.3 Å². The van der Waals surface area contributed by atoms with Gasteiger partial charge >= 0.3 is 5.97 Å². The summed E-state index contributed by atoms with van der Waals surface area (Å²) >= 11 is 0. The molecule has 2 N–H and O–H groups in total. The zero-order chi connectivity index (χ0) is 13.1. The fraction of sp³-hybridized carbons (Fsp3) is 0.923. The number of likely N-dealkylation sites (tertiary alicyclic amines) is 1. The van der Waals surface area contributed by atoms with Gasteiger partial charge in [0.25, 0.3) is 0 Å². The van der Waals surface area contributed by atoms with E-state index in [-0.39, 0.29) is 0 Å². The zero-order valence-corrected chi connectivity index (χ0v) is 11.2. The van der Waals surface area contributed by atoms with Crippen LogP contribution >= 0.6 is 0 Å². The lowest BCUT2D eigenvalue weighted by Crippen LogP contribution is -2.52. The van der Waals surface area contributed by atoms with E-state index in [0.717, 1.165) is 25.9 Å². The Balaban J connectivity index is 2.94. The summed E-state index contributed by atoms with van der Waals surface area (Å²) < 4.78 is 0. The number of nitrogens with zero attached hydrogens (tertiary/aromatic N) is 1. The van der Waals surface area contributed by atoms with Crippen molar-refractivity contribution in [1.82, 2.24) is 4.90 Å². The number of hydrogen-bond donors (Lipinski definition) is 2. The van der Waals surface area contributed by atoms with Crippen molar-refractivity contribution in [3.05, 3.63) is 0 Å². The van der Waals surface area contributed by atoms with Crippen molar-refractivity contribution in [2.24, 2.45) is 5.41 Å². The van der Waals surface area contributed by atoms with E-state index < -0.39 is 17.0 Å². The summed E-state index contributed by atoms with van der Waals surface area (Å²) in [6.07, 6.45) is 3.30. The molecule has 100 valence electrons. The molecule has 1 heterocycles. The number of carboxylic acid groups (broad SMARTS) is 1. The van der Waals surface area contributed by atoms with Gasteiger partial charge in [0.2, 0.25) is 0 Å². The largest absolute Gasteiger partial charge is 0.481 e. The summed E-state index contributed by atoms with van der Waals surface area (Å²) in [5.41, 5.74) is -2.09. The predicted octanol–water partition coefficient (Wildman–Crippen LogP) is 1.72. The third-order valence-corrected chi connectivity index (χ3v) is 4.29. The van der Waals surface area contributed by atoms with Crippen molar-refractivity contribution >= 4 is 5.97 Å². The van der Waals surface area contributed by atoms with Gasteiger partial charge in [-0.3, -0.25) is 4.79 Å². The molecule has 1 aliphatic heterocycles. The molecule has 2 unspecified atom stereocenters. The highest BCUT2D eigenvalue weighted by molar-refractivity contribution is 5.75. The van der Waals surface area contributed by atoms with E-state index >= 15 is 0 Å². The highest BCUT2D eigenvalue weighted by Gasteiger charge is 2.51. The normalized spacial score (nSPS) is 30.6. The first-order valence-electron chi connectivity index (χ1n) is 6.50. The number of aliphatic carboxylic acids is 1. The Morgan fingerprint density at radius 3 is 2.59 bits per heavy atom. The molecular formula is C13H25NO3. The van der Waals surface area contributed by atoms with Crippen LogP contribution in [-0.4, -0.2) is 46.8 Å². The topological polar surface area (TPSA) is 60.8 Å². The number of carbonyl (C=O) groups is 1. The van der Waals surface area contributed by atoms with Crippen LogP contribution in [0.25, 0.3) is 0 Å². The molecule has 0 amide bonds. The molecule has 17 heavy (non-hydrogen) atoms. The second-order valence-electron chi connectivity index (χ2n) is 5.58. The standard InChI is InChI=1S/C13H25NO3/c1-4-6-12(2,11(15)16)13(17)7-5-9-14(3)10-8-13/h17H,4-10H2,1-3H3,(H,15,16). The Kier molecular flexibility index (Phi) is 4.55. The smallest absolute Gasteiger partial charge is 0.312 e. The van der Waals surface area contributed by atoms with Gasteiger partial charge in [0.05, 0.1) is 11.0 Å². The molecular weight excluding hydrogens is 218 g/mol. The van der Waals surface area contributed by atoms with Crippen LogP contribution in [0.1, 0.15) is 46.0 Å². The molecule has 0 aromatic carbocycles. The van der Waals surface area contributed by atoms with Gasteiger partial charge in [-0.2, -0.15) is 0 Å². The third-order valence-electron chi connectivity index (χ3n) is 4.29. The molecule has 0 radical (unpaired) electrons. The maximum Gasteiger partial charge on any atom is 0.312 e. The monoisotopic (exact) mass is 243 g/mol. The van der Waals surface area contributed by atoms with Gasteiger partial charge < -0.3 is 15.1 Å². The number of aliphatic hydroxyl groups is 1. The van der Waals surface area contributed by atoms with E-state index in [4.69, 9.17) is 0 Å². The maximum atomic E-state index is 11.5. The number of hydrogen-bond acceptors (Lipinski definition) is 3. The summed E-state index contributed by atoms with van der Waals surface area (Å²) in [7, 11) is 2.02. The molecule has 4 heteroatoms. The number of carboxylic acids is 1. The van der Waals surface area contributed by atoms with Crippen molar-refractivity contribution in [3.63, 3.8) is 0 Å². The minimum Gasteiger partial charge on any atom is -0.481 e. The molecule has 4 nitrogen and oxygen atoms in total. The molecule has 0 aromatic rings. The van der Waals surface area contributed by atoms with Crippen LogP contribution in [-0.2, 0) is 4.79 Å². The van der Waals surface area contributed by atoms with E-state index in [9.17, 15) is 15.0 Å². The molecule has 2 atom stereocenters. The Hall–Kier alpha value is -0.610.